The van der Waals surface area contributed by atoms with E-state index in [1.54, 1.807) is 12.4 Å². The zero-order valence-corrected chi connectivity index (χ0v) is 16.8. The van der Waals surface area contributed by atoms with Crippen molar-refractivity contribution in [3.8, 4) is 0 Å². The molecule has 2 aromatic rings. The van der Waals surface area contributed by atoms with E-state index in [2.05, 4.69) is 15.5 Å². The topological polar surface area (TPSA) is 106 Å². The minimum Gasteiger partial charge on any atom is -0.379 e. The number of carbonyl (C=O) groups is 1. The fourth-order valence-corrected chi connectivity index (χ4v) is 4.31. The van der Waals surface area contributed by atoms with Gasteiger partial charge in [0.05, 0.1) is 43.1 Å². The van der Waals surface area contributed by atoms with Crippen LogP contribution in [0.25, 0.3) is 0 Å². The molecular formula is C18H25N5O4S. The third-order valence-electron chi connectivity index (χ3n) is 4.67. The van der Waals surface area contributed by atoms with E-state index in [0.717, 1.165) is 0 Å². The van der Waals surface area contributed by atoms with Crippen molar-refractivity contribution in [1.82, 2.24) is 24.6 Å². The SMILES string of the molecule is CC(C)[C@H](Cn1nccn1)NC(=O)c1ccc(S(=O)(=O)N2CCOCC2)cc1. The van der Waals surface area contributed by atoms with Crippen molar-refractivity contribution < 1.29 is 17.9 Å². The van der Waals surface area contributed by atoms with Crippen LogP contribution in [0, 0.1) is 5.92 Å². The van der Waals surface area contributed by atoms with Gasteiger partial charge >= 0.3 is 0 Å². The first kappa shape index (κ1) is 20.4. The molecule has 0 radical (unpaired) electrons. The summed E-state index contributed by atoms with van der Waals surface area (Å²) in [5.41, 5.74) is 0.403. The number of morpholine rings is 1. The van der Waals surface area contributed by atoms with Crippen molar-refractivity contribution in [1.29, 1.82) is 0 Å². The second kappa shape index (κ2) is 8.80. The van der Waals surface area contributed by atoms with Crippen LogP contribution in [0.5, 0.6) is 0 Å². The second-order valence-corrected chi connectivity index (χ2v) is 8.89. The number of sulfonamides is 1. The zero-order valence-electron chi connectivity index (χ0n) is 16.0. The van der Waals surface area contributed by atoms with E-state index in [1.165, 1.54) is 33.4 Å². The molecule has 9 nitrogen and oxygen atoms in total. The van der Waals surface area contributed by atoms with Crippen molar-refractivity contribution in [2.45, 2.75) is 31.3 Å². The van der Waals surface area contributed by atoms with Gasteiger partial charge in [-0.2, -0.15) is 19.3 Å². The summed E-state index contributed by atoms with van der Waals surface area (Å²) in [4.78, 5) is 14.3. The maximum atomic E-state index is 12.7. The zero-order chi connectivity index (χ0) is 20.1. The van der Waals surface area contributed by atoms with Crippen LogP contribution in [0.2, 0.25) is 0 Å². The number of hydrogen-bond donors (Lipinski definition) is 1. The number of nitrogens with zero attached hydrogens (tertiary/aromatic N) is 4. The first-order valence-electron chi connectivity index (χ1n) is 9.21. The number of rotatable bonds is 7. The molecule has 0 saturated carbocycles. The van der Waals surface area contributed by atoms with Gasteiger partial charge in [-0.3, -0.25) is 4.79 Å². The summed E-state index contributed by atoms with van der Waals surface area (Å²) in [7, 11) is -3.57. The lowest BCUT2D eigenvalue weighted by atomic mass is 10.0. The van der Waals surface area contributed by atoms with E-state index in [-0.39, 0.29) is 22.8 Å². The molecule has 152 valence electrons. The lowest BCUT2D eigenvalue weighted by Gasteiger charge is -2.26. The minimum atomic E-state index is -3.57. The first-order valence-corrected chi connectivity index (χ1v) is 10.6. The Morgan fingerprint density at radius 3 is 2.32 bits per heavy atom. The number of benzene rings is 1. The Bertz CT molecular complexity index is 875. The number of aromatic nitrogens is 3. The molecular weight excluding hydrogens is 382 g/mol. The van der Waals surface area contributed by atoms with Gasteiger partial charge in [0, 0.05) is 18.7 Å². The third-order valence-corrected chi connectivity index (χ3v) is 6.59. The van der Waals surface area contributed by atoms with Crippen molar-refractivity contribution in [3.05, 3.63) is 42.2 Å². The van der Waals surface area contributed by atoms with Crippen LogP contribution in [-0.4, -0.2) is 66.0 Å². The first-order chi connectivity index (χ1) is 13.4. The number of nitrogens with one attached hydrogen (secondary N) is 1. The summed E-state index contributed by atoms with van der Waals surface area (Å²) >= 11 is 0. The third kappa shape index (κ3) is 4.75. The molecule has 1 N–H and O–H groups in total. The van der Waals surface area contributed by atoms with Crippen LogP contribution in [0.1, 0.15) is 24.2 Å². The molecule has 1 atom stereocenters. The summed E-state index contributed by atoms with van der Waals surface area (Å²) in [6.45, 7) is 5.92. The number of ether oxygens (including phenoxy) is 1. The summed E-state index contributed by atoms with van der Waals surface area (Å²) in [5.74, 6) is -0.0860. The Kier molecular flexibility index (Phi) is 6.42. The van der Waals surface area contributed by atoms with Gasteiger partial charge in [0.25, 0.3) is 5.91 Å². The second-order valence-electron chi connectivity index (χ2n) is 6.95. The van der Waals surface area contributed by atoms with Crippen LogP contribution < -0.4 is 5.32 Å². The largest absolute Gasteiger partial charge is 0.379 e. The average molecular weight is 407 g/mol. The molecule has 1 aromatic heterocycles. The fourth-order valence-electron chi connectivity index (χ4n) is 2.90. The Morgan fingerprint density at radius 1 is 1.14 bits per heavy atom. The molecule has 28 heavy (non-hydrogen) atoms. The summed E-state index contributed by atoms with van der Waals surface area (Å²) in [6.07, 6.45) is 3.18. The maximum absolute atomic E-state index is 12.7. The smallest absolute Gasteiger partial charge is 0.251 e. The van der Waals surface area contributed by atoms with Gasteiger partial charge < -0.3 is 10.1 Å². The van der Waals surface area contributed by atoms with Crippen LogP contribution in [-0.2, 0) is 21.3 Å². The van der Waals surface area contributed by atoms with E-state index in [9.17, 15) is 13.2 Å². The Morgan fingerprint density at radius 2 is 1.75 bits per heavy atom. The van der Waals surface area contributed by atoms with Gasteiger partial charge in [-0.25, -0.2) is 8.42 Å². The van der Waals surface area contributed by atoms with Crippen LogP contribution in [0.4, 0.5) is 0 Å². The predicted octanol–water partition coefficient (Wildman–Crippen LogP) is 0.754. The highest BCUT2D eigenvalue weighted by Gasteiger charge is 2.26. The van der Waals surface area contributed by atoms with E-state index in [1.807, 2.05) is 13.8 Å². The van der Waals surface area contributed by atoms with Crippen molar-refractivity contribution >= 4 is 15.9 Å². The highest BCUT2D eigenvalue weighted by Crippen LogP contribution is 2.18. The standard InChI is InChI=1S/C18H25N5O4S/c1-14(2)17(13-23-19-7-8-20-23)21-18(24)15-3-5-16(6-4-15)28(25,26)22-9-11-27-12-10-22/h3-8,14,17H,9-13H2,1-2H3,(H,21,24)/t17-/m0/s1. The average Bonchev–Trinajstić information content (AvgIpc) is 3.21. The molecule has 10 heteroatoms. The molecule has 1 aliphatic heterocycles. The molecule has 0 bridgehead atoms. The molecule has 1 amide bonds. The van der Waals surface area contributed by atoms with Crippen molar-refractivity contribution in [2.24, 2.45) is 5.92 Å². The number of carbonyl (C=O) groups excluding carboxylic acids is 1. The van der Waals surface area contributed by atoms with Gasteiger partial charge in [-0.1, -0.05) is 13.8 Å². The van der Waals surface area contributed by atoms with E-state index in [4.69, 9.17) is 4.74 Å². The quantitative estimate of drug-likeness (QED) is 0.726. The summed E-state index contributed by atoms with van der Waals surface area (Å²) in [5, 5.41) is 11.1. The maximum Gasteiger partial charge on any atom is 0.251 e. The molecule has 0 spiro atoms. The van der Waals surface area contributed by atoms with Crippen molar-refractivity contribution in [2.75, 3.05) is 26.3 Å². The molecule has 1 aliphatic rings. The van der Waals surface area contributed by atoms with Crippen LogP contribution >= 0.6 is 0 Å². The molecule has 1 aromatic carbocycles. The van der Waals surface area contributed by atoms with Crippen LogP contribution in [0.15, 0.2) is 41.6 Å². The normalized spacial score (nSPS) is 16.8. The van der Waals surface area contributed by atoms with Gasteiger partial charge in [0.2, 0.25) is 10.0 Å². The van der Waals surface area contributed by atoms with Gasteiger partial charge in [-0.15, -0.1) is 0 Å². The number of hydrogen-bond acceptors (Lipinski definition) is 6. The van der Waals surface area contributed by atoms with E-state index < -0.39 is 10.0 Å². The lowest BCUT2D eigenvalue weighted by molar-refractivity contribution is 0.0730. The highest BCUT2D eigenvalue weighted by atomic mass is 32.2. The van der Waals surface area contributed by atoms with Crippen LogP contribution in [0.3, 0.4) is 0 Å². The lowest BCUT2D eigenvalue weighted by Crippen LogP contribution is -2.42. The van der Waals surface area contributed by atoms with E-state index >= 15 is 0 Å². The fraction of sp³-hybridized carbons (Fsp3) is 0.500. The Labute approximate surface area is 164 Å². The molecule has 0 aliphatic carbocycles. The van der Waals surface area contributed by atoms with E-state index in [0.29, 0.717) is 38.4 Å². The Balaban J connectivity index is 1.68. The van der Waals surface area contributed by atoms with Crippen molar-refractivity contribution in [3.63, 3.8) is 0 Å². The highest BCUT2D eigenvalue weighted by molar-refractivity contribution is 7.89. The van der Waals surface area contributed by atoms with Gasteiger partial charge in [0.1, 0.15) is 0 Å². The monoisotopic (exact) mass is 407 g/mol. The predicted molar refractivity (Wildman–Crippen MR) is 102 cm³/mol. The molecule has 1 saturated heterocycles. The summed E-state index contributed by atoms with van der Waals surface area (Å²) in [6, 6.07) is 5.85. The molecule has 2 heterocycles. The minimum absolute atomic E-state index is 0.156. The summed E-state index contributed by atoms with van der Waals surface area (Å²) < 4.78 is 31.9. The Hall–Kier alpha value is -2.30. The molecule has 3 rings (SSSR count). The number of amides is 1. The van der Waals surface area contributed by atoms with Gasteiger partial charge in [0.15, 0.2) is 0 Å². The molecule has 0 unspecified atom stereocenters. The molecule has 1 fully saturated rings. The van der Waals surface area contributed by atoms with Gasteiger partial charge in [-0.05, 0) is 30.2 Å².